The molecule has 3 nitrogen and oxygen atoms in total. The van der Waals surface area contributed by atoms with E-state index >= 15 is 0 Å². The first-order valence-corrected chi connectivity index (χ1v) is 10.6. The Morgan fingerprint density at radius 1 is 1.04 bits per heavy atom. The fourth-order valence-electron chi connectivity index (χ4n) is 3.83. The summed E-state index contributed by atoms with van der Waals surface area (Å²) in [4.78, 5) is 0. The van der Waals surface area contributed by atoms with Crippen LogP contribution >= 0.6 is 24.0 Å². The average molecular weight is 370 g/mol. The van der Waals surface area contributed by atoms with E-state index in [1.807, 2.05) is 11.8 Å². The summed E-state index contributed by atoms with van der Waals surface area (Å²) in [6.45, 7) is 0. The topological polar surface area (TPSA) is 33.6 Å². The monoisotopic (exact) mass is 369 g/mol. The minimum absolute atomic E-state index is 0.535. The molecule has 5 heteroatoms. The van der Waals surface area contributed by atoms with E-state index in [0.29, 0.717) is 6.04 Å². The van der Waals surface area contributed by atoms with E-state index in [-0.39, 0.29) is 0 Å². The van der Waals surface area contributed by atoms with E-state index in [1.165, 1.54) is 48.4 Å². The molecule has 0 unspecified atom stereocenters. The molecule has 0 saturated heterocycles. The van der Waals surface area contributed by atoms with E-state index in [9.17, 15) is 0 Å². The second-order valence-corrected chi connectivity index (χ2v) is 8.11. The van der Waals surface area contributed by atoms with Crippen molar-refractivity contribution in [3.05, 3.63) is 58.6 Å². The molecule has 1 fully saturated rings. The lowest BCUT2D eigenvalue weighted by Gasteiger charge is -2.24. The van der Waals surface area contributed by atoms with Gasteiger partial charge in [0.15, 0.2) is 4.77 Å². The summed E-state index contributed by atoms with van der Waals surface area (Å²) < 4.78 is 3.07. The number of hydrogen-bond acceptors (Lipinski definition) is 3. The highest BCUT2D eigenvalue weighted by atomic mass is 32.2. The molecule has 3 aromatic rings. The quantitative estimate of drug-likeness (QED) is 0.557. The summed E-state index contributed by atoms with van der Waals surface area (Å²) >= 11 is 7.41. The first-order chi connectivity index (χ1) is 12.3. The van der Waals surface area contributed by atoms with Gasteiger partial charge in [-0.1, -0.05) is 61.7 Å². The van der Waals surface area contributed by atoms with Crippen molar-refractivity contribution in [1.82, 2.24) is 14.8 Å². The van der Waals surface area contributed by atoms with Crippen LogP contribution in [0.15, 0.2) is 42.5 Å². The lowest BCUT2D eigenvalue weighted by molar-refractivity contribution is 0.345. The third kappa shape index (κ3) is 3.67. The van der Waals surface area contributed by atoms with Crippen LogP contribution in [0.3, 0.4) is 0 Å². The van der Waals surface area contributed by atoms with Crippen molar-refractivity contribution in [2.24, 2.45) is 0 Å². The highest BCUT2D eigenvalue weighted by molar-refractivity contribution is 7.97. The largest absolute Gasteiger partial charge is 0.300 e. The van der Waals surface area contributed by atoms with Crippen LogP contribution in [0.5, 0.6) is 0 Å². The molecule has 2 aromatic carbocycles. The van der Waals surface area contributed by atoms with Crippen LogP contribution in [0, 0.1) is 4.77 Å². The summed E-state index contributed by atoms with van der Waals surface area (Å²) in [6.07, 6.45) is 6.43. The molecule has 1 aliphatic rings. The van der Waals surface area contributed by atoms with Crippen LogP contribution in [0.1, 0.15) is 49.5 Å². The maximum absolute atomic E-state index is 5.50. The zero-order chi connectivity index (χ0) is 17.1. The van der Waals surface area contributed by atoms with E-state index in [0.717, 1.165) is 22.1 Å². The predicted molar refractivity (Wildman–Crippen MR) is 108 cm³/mol. The molecule has 1 heterocycles. The van der Waals surface area contributed by atoms with Crippen LogP contribution in [0.25, 0.3) is 10.8 Å². The lowest BCUT2D eigenvalue weighted by atomic mass is 9.95. The molecule has 130 valence electrons. The van der Waals surface area contributed by atoms with Crippen molar-refractivity contribution in [2.45, 2.75) is 49.7 Å². The number of aromatic amines is 1. The number of benzene rings is 2. The Balaban J connectivity index is 1.48. The highest BCUT2D eigenvalue weighted by Crippen LogP contribution is 2.31. The van der Waals surface area contributed by atoms with Gasteiger partial charge in [-0.05, 0) is 41.4 Å². The number of aromatic nitrogens is 3. The second-order valence-electron chi connectivity index (χ2n) is 6.74. The molecule has 4 rings (SSSR count). The summed E-state index contributed by atoms with van der Waals surface area (Å²) in [5.74, 6) is 2.99. The van der Waals surface area contributed by atoms with Crippen LogP contribution < -0.4 is 0 Å². The Kier molecular flexibility index (Phi) is 5.22. The van der Waals surface area contributed by atoms with Crippen LogP contribution in [0.4, 0.5) is 0 Å². The number of hydrogen-bond donors (Lipinski definition) is 1. The van der Waals surface area contributed by atoms with Gasteiger partial charge < -0.3 is 4.57 Å². The molecule has 0 aliphatic heterocycles. The van der Waals surface area contributed by atoms with Gasteiger partial charge >= 0.3 is 0 Å². The SMILES string of the molecule is S=c1[nH]nc(CSCc2cccc3ccccc23)n1C1CCCCC1. The second kappa shape index (κ2) is 7.75. The molecule has 0 radical (unpaired) electrons. The van der Waals surface area contributed by atoms with Gasteiger partial charge in [0.25, 0.3) is 0 Å². The van der Waals surface area contributed by atoms with E-state index < -0.39 is 0 Å². The van der Waals surface area contributed by atoms with Gasteiger partial charge in [-0.3, -0.25) is 5.10 Å². The van der Waals surface area contributed by atoms with Crippen molar-refractivity contribution in [2.75, 3.05) is 0 Å². The molecule has 0 spiro atoms. The number of nitrogens with one attached hydrogen (secondary N) is 1. The molecule has 0 amide bonds. The third-order valence-corrected chi connectivity index (χ3v) is 6.35. The molecular formula is C20H23N3S2. The molecule has 25 heavy (non-hydrogen) atoms. The minimum Gasteiger partial charge on any atom is -0.300 e. The van der Waals surface area contributed by atoms with Gasteiger partial charge in [0, 0.05) is 11.8 Å². The van der Waals surface area contributed by atoms with Crippen molar-refractivity contribution in [1.29, 1.82) is 0 Å². The Hall–Kier alpha value is -1.59. The summed E-state index contributed by atoms with van der Waals surface area (Å²) in [5, 5.41) is 10.2. The van der Waals surface area contributed by atoms with Crippen LogP contribution in [-0.4, -0.2) is 14.8 Å². The van der Waals surface area contributed by atoms with Gasteiger partial charge in [0.1, 0.15) is 5.82 Å². The van der Waals surface area contributed by atoms with Gasteiger partial charge in [-0.15, -0.1) is 11.8 Å². The summed E-state index contributed by atoms with van der Waals surface area (Å²) in [6, 6.07) is 15.7. The van der Waals surface area contributed by atoms with E-state index in [1.54, 1.807) is 0 Å². The van der Waals surface area contributed by atoms with Gasteiger partial charge in [-0.25, -0.2) is 0 Å². The van der Waals surface area contributed by atoms with Crippen molar-refractivity contribution in [3.8, 4) is 0 Å². The van der Waals surface area contributed by atoms with E-state index in [2.05, 4.69) is 57.2 Å². The fourth-order valence-corrected chi connectivity index (χ4v) is 5.09. The smallest absolute Gasteiger partial charge is 0.195 e. The van der Waals surface area contributed by atoms with Gasteiger partial charge in [0.2, 0.25) is 0 Å². The minimum atomic E-state index is 0.535. The number of H-pyrrole nitrogens is 1. The van der Waals surface area contributed by atoms with Crippen LogP contribution in [0.2, 0.25) is 0 Å². The first kappa shape index (κ1) is 16.9. The highest BCUT2D eigenvalue weighted by Gasteiger charge is 2.19. The van der Waals surface area contributed by atoms with E-state index in [4.69, 9.17) is 12.2 Å². The fraction of sp³-hybridized carbons (Fsp3) is 0.400. The maximum Gasteiger partial charge on any atom is 0.195 e. The van der Waals surface area contributed by atoms with Gasteiger partial charge in [0.05, 0.1) is 5.75 Å². The van der Waals surface area contributed by atoms with Gasteiger partial charge in [-0.2, -0.15) is 5.10 Å². The zero-order valence-corrected chi connectivity index (χ0v) is 15.9. The molecule has 1 aromatic heterocycles. The molecular weight excluding hydrogens is 346 g/mol. The molecule has 1 saturated carbocycles. The maximum atomic E-state index is 5.50. The Bertz CT molecular complexity index is 901. The zero-order valence-electron chi connectivity index (χ0n) is 14.3. The normalized spacial score (nSPS) is 15.7. The molecule has 1 N–H and O–H groups in total. The standard InChI is InChI=1S/C20H23N3S2/c24-20-22-21-19(23(20)17-10-2-1-3-11-17)14-25-13-16-9-6-8-15-7-4-5-12-18(15)16/h4-9,12,17H,1-3,10-11,13-14H2,(H,22,24). The van der Waals surface area contributed by atoms with Crippen LogP contribution in [-0.2, 0) is 11.5 Å². The summed E-state index contributed by atoms with van der Waals surface area (Å²) in [5.41, 5.74) is 1.39. The molecule has 0 atom stereocenters. The summed E-state index contributed by atoms with van der Waals surface area (Å²) in [7, 11) is 0. The van der Waals surface area contributed by atoms with Crippen molar-refractivity contribution < 1.29 is 0 Å². The predicted octanol–water partition coefficient (Wildman–Crippen LogP) is 6.03. The number of rotatable bonds is 5. The molecule has 0 bridgehead atoms. The Labute approximate surface area is 157 Å². The first-order valence-electron chi connectivity index (χ1n) is 9.03. The molecule has 1 aliphatic carbocycles. The lowest BCUT2D eigenvalue weighted by Crippen LogP contribution is -2.15. The number of fused-ring (bicyclic) bond motifs is 1. The number of thioether (sulfide) groups is 1. The number of nitrogens with zero attached hydrogens (tertiary/aromatic N) is 2. The van der Waals surface area contributed by atoms with Crippen molar-refractivity contribution in [3.63, 3.8) is 0 Å². The Morgan fingerprint density at radius 3 is 2.72 bits per heavy atom. The Morgan fingerprint density at radius 2 is 1.84 bits per heavy atom. The van der Waals surface area contributed by atoms with Crippen molar-refractivity contribution >= 4 is 34.8 Å². The third-order valence-electron chi connectivity index (χ3n) is 5.09. The average Bonchev–Trinajstić information content (AvgIpc) is 3.03.